The number of halogens is 2. The first kappa shape index (κ1) is 10.5. The van der Waals surface area contributed by atoms with E-state index >= 15 is 0 Å². The monoisotopic (exact) mass is 319 g/mol. The number of benzene rings is 1. The van der Waals surface area contributed by atoms with Crippen LogP contribution in [0.15, 0.2) is 18.2 Å². The second-order valence-corrected chi connectivity index (χ2v) is 4.39. The van der Waals surface area contributed by atoms with Crippen LogP contribution < -0.4 is 4.90 Å². The molecule has 3 nitrogen and oxygen atoms in total. The molecule has 1 aliphatic heterocycles. The fraction of sp³-hybridized carbons (Fsp3) is 0.200. The quantitative estimate of drug-likeness (QED) is 0.584. The van der Waals surface area contributed by atoms with Crippen LogP contribution in [-0.4, -0.2) is 18.2 Å². The van der Waals surface area contributed by atoms with Gasteiger partial charge in [0.2, 0.25) is 5.78 Å². The van der Waals surface area contributed by atoms with Crippen LogP contribution >= 0.6 is 22.6 Å². The van der Waals surface area contributed by atoms with Gasteiger partial charge in [-0.15, -0.1) is 0 Å². The van der Waals surface area contributed by atoms with Gasteiger partial charge in [-0.25, -0.2) is 4.39 Å². The maximum absolute atomic E-state index is 12.8. The summed E-state index contributed by atoms with van der Waals surface area (Å²) in [7, 11) is 0. The zero-order valence-electron chi connectivity index (χ0n) is 7.67. The fourth-order valence-electron chi connectivity index (χ4n) is 1.50. The average molecular weight is 319 g/mol. The van der Waals surface area contributed by atoms with Crippen LogP contribution in [0.3, 0.4) is 0 Å². The SMILES string of the molecule is O=C1CCN(c2ccc(F)cc2I)C1=O. The molecule has 1 fully saturated rings. The molecule has 5 heteroatoms. The molecule has 2 rings (SSSR count). The lowest BCUT2D eigenvalue weighted by molar-refractivity contribution is -0.133. The third-order valence-electron chi connectivity index (χ3n) is 2.25. The number of anilines is 1. The summed E-state index contributed by atoms with van der Waals surface area (Å²) in [5, 5.41) is 0. The summed E-state index contributed by atoms with van der Waals surface area (Å²) in [6.45, 7) is 0.388. The minimum Gasteiger partial charge on any atom is -0.304 e. The summed E-state index contributed by atoms with van der Waals surface area (Å²) in [6, 6.07) is 4.15. The Morgan fingerprint density at radius 2 is 2.07 bits per heavy atom. The van der Waals surface area contributed by atoms with E-state index in [1.54, 1.807) is 0 Å². The highest BCUT2D eigenvalue weighted by molar-refractivity contribution is 14.1. The topological polar surface area (TPSA) is 37.4 Å². The molecule has 1 aromatic rings. The van der Waals surface area contributed by atoms with E-state index < -0.39 is 5.91 Å². The number of hydrogen-bond donors (Lipinski definition) is 0. The molecule has 78 valence electrons. The number of carbonyl (C=O) groups excluding carboxylic acids is 2. The van der Waals surface area contributed by atoms with Crippen molar-refractivity contribution in [1.29, 1.82) is 0 Å². The Bertz CT molecular complexity index is 447. The molecule has 1 heterocycles. The van der Waals surface area contributed by atoms with Gasteiger partial charge in [0.25, 0.3) is 5.91 Å². The van der Waals surface area contributed by atoms with Crippen LogP contribution in [0.4, 0.5) is 10.1 Å². The highest BCUT2D eigenvalue weighted by atomic mass is 127. The maximum Gasteiger partial charge on any atom is 0.294 e. The molecule has 15 heavy (non-hydrogen) atoms. The van der Waals surface area contributed by atoms with Gasteiger partial charge in [0.05, 0.1) is 5.69 Å². The number of Topliss-reactive ketones (excluding diaryl/α,β-unsaturated/α-hetero) is 1. The Morgan fingerprint density at radius 3 is 2.60 bits per heavy atom. The van der Waals surface area contributed by atoms with Crippen LogP contribution in [0.2, 0.25) is 0 Å². The zero-order chi connectivity index (χ0) is 11.0. The van der Waals surface area contributed by atoms with Crippen molar-refractivity contribution in [3.63, 3.8) is 0 Å². The molecule has 0 aliphatic carbocycles. The zero-order valence-corrected chi connectivity index (χ0v) is 9.82. The number of amides is 1. The molecule has 0 spiro atoms. The van der Waals surface area contributed by atoms with Crippen molar-refractivity contribution in [1.82, 2.24) is 0 Å². The normalized spacial score (nSPS) is 16.3. The van der Waals surface area contributed by atoms with Gasteiger partial charge in [-0.1, -0.05) is 0 Å². The molecular formula is C10H7FINO2. The second-order valence-electron chi connectivity index (χ2n) is 3.23. The van der Waals surface area contributed by atoms with Crippen LogP contribution in [0.5, 0.6) is 0 Å². The molecule has 0 atom stereocenters. The molecule has 1 aromatic carbocycles. The molecular weight excluding hydrogens is 312 g/mol. The van der Waals surface area contributed by atoms with Crippen molar-refractivity contribution in [2.24, 2.45) is 0 Å². The smallest absolute Gasteiger partial charge is 0.294 e. The van der Waals surface area contributed by atoms with Gasteiger partial charge in [-0.2, -0.15) is 0 Å². The summed E-state index contributed by atoms with van der Waals surface area (Å²) in [6.07, 6.45) is 0.242. The lowest BCUT2D eigenvalue weighted by Gasteiger charge is -2.16. The van der Waals surface area contributed by atoms with Crippen molar-refractivity contribution < 1.29 is 14.0 Å². The minimum atomic E-state index is -0.500. The van der Waals surface area contributed by atoms with Crippen molar-refractivity contribution in [3.8, 4) is 0 Å². The van der Waals surface area contributed by atoms with Crippen LogP contribution in [0.25, 0.3) is 0 Å². The summed E-state index contributed by atoms with van der Waals surface area (Å²) >= 11 is 1.95. The number of nitrogens with zero attached hydrogens (tertiary/aromatic N) is 1. The van der Waals surface area contributed by atoms with E-state index in [4.69, 9.17) is 0 Å². The predicted octanol–water partition coefficient (Wildman–Crippen LogP) is 1.74. The average Bonchev–Trinajstić information content (AvgIpc) is 2.49. The Labute approximate surface area is 99.4 Å². The van der Waals surface area contributed by atoms with E-state index in [1.807, 2.05) is 22.6 Å². The van der Waals surface area contributed by atoms with Crippen LogP contribution in [0.1, 0.15) is 6.42 Å². The molecule has 0 N–H and O–H groups in total. The molecule has 1 saturated heterocycles. The summed E-state index contributed by atoms with van der Waals surface area (Å²) in [4.78, 5) is 23.9. The van der Waals surface area contributed by atoms with E-state index in [-0.39, 0.29) is 18.0 Å². The standard InChI is InChI=1S/C10H7FINO2/c11-6-1-2-8(7(12)5-6)13-4-3-9(14)10(13)15/h1-2,5H,3-4H2. The molecule has 0 unspecified atom stereocenters. The van der Waals surface area contributed by atoms with Gasteiger partial charge in [0, 0.05) is 16.5 Å². The number of hydrogen-bond acceptors (Lipinski definition) is 2. The molecule has 1 aliphatic rings. The van der Waals surface area contributed by atoms with E-state index in [2.05, 4.69) is 0 Å². The minimum absolute atomic E-state index is 0.242. The van der Waals surface area contributed by atoms with Gasteiger partial charge in [0.15, 0.2) is 0 Å². The van der Waals surface area contributed by atoms with Crippen molar-refractivity contribution in [2.75, 3.05) is 11.4 Å². The first-order valence-electron chi connectivity index (χ1n) is 4.39. The third-order valence-corrected chi connectivity index (χ3v) is 3.11. The van der Waals surface area contributed by atoms with Gasteiger partial charge in [-0.3, -0.25) is 9.59 Å². The maximum atomic E-state index is 12.8. The van der Waals surface area contributed by atoms with E-state index in [0.29, 0.717) is 15.8 Å². The summed E-state index contributed by atoms with van der Waals surface area (Å²) in [5.74, 6) is -1.23. The first-order chi connectivity index (χ1) is 7.09. The Balaban J connectivity index is 2.38. The largest absolute Gasteiger partial charge is 0.304 e. The van der Waals surface area contributed by atoms with Gasteiger partial charge in [0.1, 0.15) is 5.82 Å². The Hall–Kier alpha value is -0.980. The molecule has 1 amide bonds. The molecule has 0 aromatic heterocycles. The lowest BCUT2D eigenvalue weighted by Crippen LogP contribution is -2.27. The molecule has 0 radical (unpaired) electrons. The van der Waals surface area contributed by atoms with Crippen molar-refractivity contribution in [3.05, 3.63) is 27.6 Å². The van der Waals surface area contributed by atoms with Crippen molar-refractivity contribution in [2.45, 2.75) is 6.42 Å². The van der Waals surface area contributed by atoms with Crippen molar-refractivity contribution >= 4 is 40.0 Å². The predicted molar refractivity (Wildman–Crippen MR) is 61.1 cm³/mol. The fourth-order valence-corrected chi connectivity index (χ4v) is 2.27. The van der Waals surface area contributed by atoms with Gasteiger partial charge in [-0.05, 0) is 40.8 Å². The number of rotatable bonds is 1. The van der Waals surface area contributed by atoms with Crippen LogP contribution in [0, 0.1) is 9.39 Å². The molecule has 0 saturated carbocycles. The highest BCUT2D eigenvalue weighted by Gasteiger charge is 2.31. The van der Waals surface area contributed by atoms with E-state index in [1.165, 1.54) is 23.1 Å². The third kappa shape index (κ3) is 1.88. The summed E-state index contributed by atoms with van der Waals surface area (Å²) in [5.41, 5.74) is 0.604. The second kappa shape index (κ2) is 3.88. The summed E-state index contributed by atoms with van der Waals surface area (Å²) < 4.78 is 13.5. The van der Waals surface area contributed by atoms with Gasteiger partial charge < -0.3 is 4.90 Å². The molecule has 0 bridgehead atoms. The van der Waals surface area contributed by atoms with E-state index in [0.717, 1.165) is 0 Å². The first-order valence-corrected chi connectivity index (χ1v) is 5.47. The Morgan fingerprint density at radius 1 is 1.33 bits per heavy atom. The van der Waals surface area contributed by atoms with Crippen LogP contribution in [-0.2, 0) is 9.59 Å². The Kier molecular flexibility index (Phi) is 2.72. The van der Waals surface area contributed by atoms with Gasteiger partial charge >= 0.3 is 0 Å². The number of carbonyl (C=O) groups is 2. The van der Waals surface area contributed by atoms with E-state index in [9.17, 15) is 14.0 Å². The lowest BCUT2D eigenvalue weighted by atomic mass is 10.3. The highest BCUT2D eigenvalue weighted by Crippen LogP contribution is 2.26. The number of ketones is 1.